The quantitative estimate of drug-likeness (QED) is 0.787. The SMILES string of the molecule is O=C(O)c1ccc(Cn2cnnc2S)cc1. The molecule has 1 aromatic carbocycles. The van der Waals surface area contributed by atoms with E-state index in [1.807, 2.05) is 0 Å². The number of carboxylic acids is 1. The van der Waals surface area contributed by atoms with Gasteiger partial charge in [0.05, 0.1) is 12.1 Å². The summed E-state index contributed by atoms with van der Waals surface area (Å²) in [6.07, 6.45) is 1.58. The third-order valence-corrected chi connectivity index (χ3v) is 2.50. The second kappa shape index (κ2) is 4.36. The van der Waals surface area contributed by atoms with Gasteiger partial charge in [0.15, 0.2) is 5.16 Å². The molecule has 0 atom stereocenters. The normalized spacial score (nSPS) is 10.3. The van der Waals surface area contributed by atoms with Crippen molar-refractivity contribution < 1.29 is 9.90 Å². The highest BCUT2D eigenvalue weighted by Gasteiger charge is 2.03. The third kappa shape index (κ3) is 2.22. The number of hydrogen-bond acceptors (Lipinski definition) is 4. The molecule has 2 rings (SSSR count). The van der Waals surface area contributed by atoms with Crippen molar-refractivity contribution in [3.05, 3.63) is 41.7 Å². The Bertz CT molecular complexity index is 507. The summed E-state index contributed by atoms with van der Waals surface area (Å²) in [6.45, 7) is 0.575. The molecule has 0 saturated carbocycles. The Morgan fingerprint density at radius 1 is 1.38 bits per heavy atom. The van der Waals surface area contributed by atoms with Crippen molar-refractivity contribution in [3.8, 4) is 0 Å². The lowest BCUT2D eigenvalue weighted by Crippen LogP contribution is -2.00. The topological polar surface area (TPSA) is 68.0 Å². The Morgan fingerprint density at radius 2 is 2.06 bits per heavy atom. The molecule has 5 nitrogen and oxygen atoms in total. The second-order valence-electron chi connectivity index (χ2n) is 3.26. The van der Waals surface area contributed by atoms with Gasteiger partial charge in [0.25, 0.3) is 0 Å². The van der Waals surface area contributed by atoms with E-state index in [1.54, 1.807) is 35.2 Å². The van der Waals surface area contributed by atoms with Crippen LogP contribution in [0.3, 0.4) is 0 Å². The summed E-state index contributed by atoms with van der Waals surface area (Å²) in [5.41, 5.74) is 1.25. The van der Waals surface area contributed by atoms with Gasteiger partial charge in [-0.25, -0.2) is 4.79 Å². The monoisotopic (exact) mass is 235 g/mol. The fraction of sp³-hybridized carbons (Fsp3) is 0.100. The Hall–Kier alpha value is -1.82. The fourth-order valence-corrected chi connectivity index (χ4v) is 1.48. The summed E-state index contributed by atoms with van der Waals surface area (Å²) < 4.78 is 1.76. The molecule has 1 N–H and O–H groups in total. The van der Waals surface area contributed by atoms with Crippen LogP contribution in [-0.4, -0.2) is 25.8 Å². The van der Waals surface area contributed by atoms with E-state index in [4.69, 9.17) is 5.11 Å². The number of hydrogen-bond donors (Lipinski definition) is 2. The van der Waals surface area contributed by atoms with Crippen LogP contribution in [0.1, 0.15) is 15.9 Å². The van der Waals surface area contributed by atoms with E-state index in [9.17, 15) is 4.79 Å². The Balaban J connectivity index is 2.17. The molecule has 0 fully saturated rings. The Kier molecular flexibility index (Phi) is 2.91. The van der Waals surface area contributed by atoms with Crippen molar-refractivity contribution in [2.24, 2.45) is 0 Å². The first-order valence-electron chi connectivity index (χ1n) is 4.56. The molecule has 0 bridgehead atoms. The molecular formula is C10H9N3O2S. The number of benzene rings is 1. The highest BCUT2D eigenvalue weighted by molar-refractivity contribution is 7.80. The molecule has 0 unspecified atom stereocenters. The molecule has 0 amide bonds. The first-order valence-corrected chi connectivity index (χ1v) is 5.00. The van der Waals surface area contributed by atoms with Gasteiger partial charge >= 0.3 is 5.97 Å². The van der Waals surface area contributed by atoms with Gasteiger partial charge in [-0.2, -0.15) is 0 Å². The van der Waals surface area contributed by atoms with Crippen LogP contribution in [0.4, 0.5) is 0 Å². The molecule has 0 aliphatic heterocycles. The van der Waals surface area contributed by atoms with Gasteiger partial charge in [0.2, 0.25) is 0 Å². The number of thiol groups is 1. The summed E-state index contributed by atoms with van der Waals surface area (Å²) in [4.78, 5) is 10.6. The van der Waals surface area contributed by atoms with Crippen LogP contribution < -0.4 is 0 Å². The smallest absolute Gasteiger partial charge is 0.335 e. The molecule has 16 heavy (non-hydrogen) atoms. The predicted molar refractivity (Wildman–Crippen MR) is 59.8 cm³/mol. The lowest BCUT2D eigenvalue weighted by atomic mass is 10.1. The summed E-state index contributed by atoms with van der Waals surface area (Å²) in [6, 6.07) is 6.66. The maximum absolute atomic E-state index is 10.6. The van der Waals surface area contributed by atoms with E-state index >= 15 is 0 Å². The minimum absolute atomic E-state index is 0.276. The molecule has 1 aromatic heterocycles. The molecule has 0 saturated heterocycles. The van der Waals surface area contributed by atoms with Crippen LogP contribution in [0.25, 0.3) is 0 Å². The fourth-order valence-electron chi connectivity index (χ4n) is 1.31. The summed E-state index contributed by atoms with van der Waals surface area (Å²) in [5, 5.41) is 16.7. The zero-order chi connectivity index (χ0) is 11.5. The van der Waals surface area contributed by atoms with Gasteiger partial charge in [0, 0.05) is 0 Å². The molecule has 1 heterocycles. The molecule has 0 aliphatic rings. The first kappa shape index (κ1) is 10.7. The molecule has 0 radical (unpaired) electrons. The Morgan fingerprint density at radius 3 is 2.56 bits per heavy atom. The lowest BCUT2D eigenvalue weighted by molar-refractivity contribution is 0.0697. The van der Waals surface area contributed by atoms with E-state index in [0.717, 1.165) is 5.56 Å². The van der Waals surface area contributed by atoms with Crippen molar-refractivity contribution in [1.82, 2.24) is 14.8 Å². The van der Waals surface area contributed by atoms with Crippen LogP contribution in [0.5, 0.6) is 0 Å². The average molecular weight is 235 g/mol. The van der Waals surface area contributed by atoms with Crippen molar-refractivity contribution in [2.45, 2.75) is 11.7 Å². The lowest BCUT2D eigenvalue weighted by Gasteiger charge is -2.03. The summed E-state index contributed by atoms with van der Waals surface area (Å²) in [5.74, 6) is -0.925. The van der Waals surface area contributed by atoms with E-state index in [1.165, 1.54) is 0 Å². The zero-order valence-electron chi connectivity index (χ0n) is 8.24. The van der Waals surface area contributed by atoms with Gasteiger partial charge in [-0.1, -0.05) is 12.1 Å². The molecular weight excluding hydrogens is 226 g/mol. The summed E-state index contributed by atoms with van der Waals surface area (Å²) in [7, 11) is 0. The predicted octanol–water partition coefficient (Wildman–Crippen LogP) is 1.31. The number of carboxylic acid groups (broad SMARTS) is 1. The molecule has 0 aliphatic carbocycles. The van der Waals surface area contributed by atoms with Crippen molar-refractivity contribution in [1.29, 1.82) is 0 Å². The maximum Gasteiger partial charge on any atom is 0.335 e. The van der Waals surface area contributed by atoms with Crippen molar-refractivity contribution in [3.63, 3.8) is 0 Å². The van der Waals surface area contributed by atoms with Crippen LogP contribution in [-0.2, 0) is 6.54 Å². The van der Waals surface area contributed by atoms with E-state index in [0.29, 0.717) is 11.7 Å². The minimum atomic E-state index is -0.925. The highest BCUT2D eigenvalue weighted by atomic mass is 32.1. The van der Waals surface area contributed by atoms with Gasteiger partial charge in [-0.3, -0.25) is 0 Å². The Labute approximate surface area is 97.2 Å². The van der Waals surface area contributed by atoms with Gasteiger partial charge in [-0.05, 0) is 17.7 Å². The minimum Gasteiger partial charge on any atom is -0.478 e. The number of carbonyl (C=O) groups is 1. The molecule has 0 spiro atoms. The van der Waals surface area contributed by atoms with Gasteiger partial charge in [0.1, 0.15) is 6.33 Å². The largest absolute Gasteiger partial charge is 0.478 e. The first-order chi connectivity index (χ1) is 7.66. The zero-order valence-corrected chi connectivity index (χ0v) is 9.13. The molecule has 82 valence electrons. The average Bonchev–Trinajstić information content (AvgIpc) is 2.65. The molecule has 6 heteroatoms. The van der Waals surface area contributed by atoms with E-state index in [2.05, 4.69) is 22.8 Å². The van der Waals surface area contributed by atoms with E-state index < -0.39 is 5.97 Å². The van der Waals surface area contributed by atoms with Gasteiger partial charge < -0.3 is 9.67 Å². The number of aromatic nitrogens is 3. The number of rotatable bonds is 3. The second-order valence-corrected chi connectivity index (χ2v) is 3.66. The highest BCUT2D eigenvalue weighted by Crippen LogP contribution is 2.08. The van der Waals surface area contributed by atoms with Gasteiger partial charge in [-0.15, -0.1) is 22.8 Å². The third-order valence-electron chi connectivity index (χ3n) is 2.15. The summed E-state index contributed by atoms with van der Waals surface area (Å²) >= 11 is 4.13. The van der Waals surface area contributed by atoms with E-state index in [-0.39, 0.29) is 5.56 Å². The number of nitrogens with zero attached hydrogens (tertiary/aromatic N) is 3. The van der Waals surface area contributed by atoms with Crippen molar-refractivity contribution >= 4 is 18.6 Å². The number of aromatic carboxylic acids is 1. The van der Waals surface area contributed by atoms with Crippen LogP contribution in [0.2, 0.25) is 0 Å². The maximum atomic E-state index is 10.6. The van der Waals surface area contributed by atoms with Crippen LogP contribution in [0, 0.1) is 0 Å². The van der Waals surface area contributed by atoms with Crippen LogP contribution in [0.15, 0.2) is 35.7 Å². The molecule has 2 aromatic rings. The van der Waals surface area contributed by atoms with Crippen molar-refractivity contribution in [2.75, 3.05) is 0 Å². The van der Waals surface area contributed by atoms with Crippen LogP contribution >= 0.6 is 12.6 Å². The standard InChI is InChI=1S/C10H9N3O2S/c14-9(15)8-3-1-7(2-4-8)5-13-6-11-12-10(13)16/h1-4,6H,5H2,(H,12,16)(H,14,15).